The smallest absolute Gasteiger partial charge is 0.423 e. The van der Waals surface area contributed by atoms with Crippen molar-refractivity contribution in [2.75, 3.05) is 5.32 Å². The Morgan fingerprint density at radius 3 is 2.41 bits per heavy atom. The predicted molar refractivity (Wildman–Crippen MR) is 101 cm³/mol. The van der Waals surface area contributed by atoms with Crippen LogP contribution >= 0.6 is 0 Å². The number of alkyl halides is 3. The molecule has 158 valence electrons. The van der Waals surface area contributed by atoms with Gasteiger partial charge in [-0.15, -0.1) is 0 Å². The second kappa shape index (κ2) is 7.79. The van der Waals surface area contributed by atoms with Crippen molar-refractivity contribution in [1.82, 2.24) is 9.97 Å². The Bertz CT molecular complexity index is 975. The number of aliphatic hydroxyl groups is 1. The first-order chi connectivity index (χ1) is 13.5. The molecule has 0 aliphatic heterocycles. The predicted octanol–water partition coefficient (Wildman–Crippen LogP) is 3.96. The van der Waals surface area contributed by atoms with Crippen molar-refractivity contribution >= 4 is 21.4 Å². The molecule has 1 aromatic heterocycles. The van der Waals surface area contributed by atoms with E-state index in [9.17, 15) is 22.5 Å². The van der Waals surface area contributed by atoms with Crippen molar-refractivity contribution in [2.45, 2.75) is 55.2 Å². The monoisotopic (exact) mass is 430 g/mol. The van der Waals surface area contributed by atoms with Gasteiger partial charge in [-0.1, -0.05) is 0 Å². The fourth-order valence-corrected chi connectivity index (χ4v) is 4.17. The van der Waals surface area contributed by atoms with Crippen molar-refractivity contribution in [1.29, 1.82) is 4.78 Å². The van der Waals surface area contributed by atoms with E-state index in [1.54, 1.807) is 24.3 Å². The molecule has 1 fully saturated rings. The average molecular weight is 430 g/mol. The number of hydrogen-bond acceptors (Lipinski definition) is 7. The molecular formula is C18H21F3N4O3S. The van der Waals surface area contributed by atoms with E-state index in [4.69, 9.17) is 9.52 Å². The Morgan fingerprint density at radius 2 is 1.90 bits per heavy atom. The Labute approximate surface area is 166 Å². The van der Waals surface area contributed by atoms with Crippen molar-refractivity contribution in [2.24, 2.45) is 0 Å². The molecule has 7 nitrogen and oxygen atoms in total. The van der Waals surface area contributed by atoms with Crippen LogP contribution in [0.3, 0.4) is 0 Å². The van der Waals surface area contributed by atoms with Crippen LogP contribution in [-0.4, -0.2) is 36.7 Å². The van der Waals surface area contributed by atoms with Crippen LogP contribution in [0.15, 0.2) is 35.4 Å². The summed E-state index contributed by atoms with van der Waals surface area (Å²) in [7, 11) is -2.83. The van der Waals surface area contributed by atoms with Crippen LogP contribution in [0.5, 0.6) is 5.88 Å². The van der Waals surface area contributed by atoms with E-state index in [-0.39, 0.29) is 11.2 Å². The molecule has 1 aromatic carbocycles. The third-order valence-electron chi connectivity index (χ3n) is 4.49. The number of benzene rings is 1. The van der Waals surface area contributed by atoms with Gasteiger partial charge >= 0.3 is 6.18 Å². The summed E-state index contributed by atoms with van der Waals surface area (Å²) in [6.07, 6.45) is -4.47. The van der Waals surface area contributed by atoms with Gasteiger partial charge in [0.15, 0.2) is 0 Å². The number of ether oxygens (including phenoxy) is 1. The highest BCUT2D eigenvalue weighted by atomic mass is 32.2. The summed E-state index contributed by atoms with van der Waals surface area (Å²) in [5.41, 5.74) is -0.696. The van der Waals surface area contributed by atoms with Crippen molar-refractivity contribution < 1.29 is 27.2 Å². The van der Waals surface area contributed by atoms with Crippen molar-refractivity contribution in [3.63, 3.8) is 0 Å². The standard InChI is InChI=1S/C18H21F3N4O3S/c1-10(26)11(2)28-16-15(18(19,20)21)9-23-17(25-16)24-12-3-5-13(6-4-12)29(22,27)14-7-8-14/h3-6,9-11,14,22,26H,7-8H2,1-2H3,(H,23,24,25). The van der Waals surface area contributed by atoms with Gasteiger partial charge in [-0.2, -0.15) is 18.2 Å². The van der Waals surface area contributed by atoms with Crippen LogP contribution in [0.1, 0.15) is 32.3 Å². The maximum atomic E-state index is 13.2. The zero-order valence-electron chi connectivity index (χ0n) is 15.7. The van der Waals surface area contributed by atoms with Gasteiger partial charge in [0.1, 0.15) is 11.7 Å². The molecule has 0 spiro atoms. The maximum Gasteiger partial charge on any atom is 0.423 e. The van der Waals surface area contributed by atoms with Gasteiger partial charge in [0.05, 0.1) is 15.8 Å². The van der Waals surface area contributed by atoms with Crippen molar-refractivity contribution in [3.05, 3.63) is 36.0 Å². The molecule has 3 unspecified atom stereocenters. The Morgan fingerprint density at radius 1 is 1.28 bits per heavy atom. The third-order valence-corrected chi connectivity index (χ3v) is 6.87. The normalized spacial score (nSPS) is 18.6. The number of rotatable bonds is 7. The van der Waals surface area contributed by atoms with Gasteiger partial charge in [0, 0.05) is 22.0 Å². The fourth-order valence-electron chi connectivity index (χ4n) is 2.45. The Kier molecular flexibility index (Phi) is 5.72. The highest BCUT2D eigenvalue weighted by Crippen LogP contribution is 2.36. The van der Waals surface area contributed by atoms with Crippen LogP contribution in [0, 0.1) is 4.78 Å². The molecule has 1 saturated carbocycles. The minimum absolute atomic E-state index is 0.116. The second-order valence-electron chi connectivity index (χ2n) is 6.92. The molecular weight excluding hydrogens is 409 g/mol. The fraction of sp³-hybridized carbons (Fsp3) is 0.444. The van der Waals surface area contributed by atoms with E-state index >= 15 is 0 Å². The van der Waals surface area contributed by atoms with E-state index in [2.05, 4.69) is 15.3 Å². The lowest BCUT2D eigenvalue weighted by molar-refractivity contribution is -0.140. The number of aromatic nitrogens is 2. The minimum atomic E-state index is -4.72. The summed E-state index contributed by atoms with van der Waals surface area (Å²) in [5, 5.41) is 12.2. The minimum Gasteiger partial charge on any atom is -0.471 e. The van der Waals surface area contributed by atoms with Crippen molar-refractivity contribution in [3.8, 4) is 5.88 Å². The molecule has 3 atom stereocenters. The first kappa shape index (κ1) is 21.3. The number of hydrogen-bond donors (Lipinski definition) is 3. The summed E-state index contributed by atoms with van der Waals surface area (Å²) in [6, 6.07) is 6.22. The Balaban J connectivity index is 1.83. The summed E-state index contributed by atoms with van der Waals surface area (Å²) >= 11 is 0. The van der Waals surface area contributed by atoms with E-state index in [0.717, 1.165) is 12.8 Å². The van der Waals surface area contributed by atoms with Crippen LogP contribution in [0.2, 0.25) is 0 Å². The lowest BCUT2D eigenvalue weighted by Crippen LogP contribution is -2.27. The van der Waals surface area contributed by atoms with Crippen LogP contribution < -0.4 is 10.1 Å². The lowest BCUT2D eigenvalue weighted by Gasteiger charge is -2.20. The molecule has 1 aliphatic carbocycles. The Hall–Kier alpha value is -2.40. The van der Waals surface area contributed by atoms with E-state index in [1.807, 2.05) is 0 Å². The van der Waals surface area contributed by atoms with Crippen LogP contribution in [0.25, 0.3) is 0 Å². The molecule has 0 saturated heterocycles. The summed E-state index contributed by atoms with van der Waals surface area (Å²) in [5.74, 6) is -0.824. The average Bonchev–Trinajstić information content (AvgIpc) is 3.47. The number of aliphatic hydroxyl groups excluding tert-OH is 1. The van der Waals surface area contributed by atoms with Gasteiger partial charge < -0.3 is 15.2 Å². The largest absolute Gasteiger partial charge is 0.471 e. The number of anilines is 2. The molecule has 3 N–H and O–H groups in total. The molecule has 0 amide bonds. The molecule has 0 bridgehead atoms. The van der Waals surface area contributed by atoms with Crippen LogP contribution in [-0.2, 0) is 15.9 Å². The summed E-state index contributed by atoms with van der Waals surface area (Å²) in [4.78, 5) is 7.89. The number of halogens is 3. The van der Waals surface area contributed by atoms with Gasteiger partial charge in [0.25, 0.3) is 0 Å². The molecule has 1 heterocycles. The molecule has 1 aliphatic rings. The number of nitrogens with zero attached hydrogens (tertiary/aromatic N) is 2. The van der Waals surface area contributed by atoms with Gasteiger partial charge in [-0.25, -0.2) is 14.0 Å². The molecule has 29 heavy (non-hydrogen) atoms. The molecule has 0 radical (unpaired) electrons. The van der Waals surface area contributed by atoms with E-state index in [0.29, 0.717) is 16.8 Å². The first-order valence-corrected chi connectivity index (χ1v) is 10.5. The number of nitrogens with one attached hydrogen (secondary N) is 2. The first-order valence-electron chi connectivity index (χ1n) is 8.92. The maximum absolute atomic E-state index is 13.2. The van der Waals surface area contributed by atoms with Gasteiger partial charge in [0.2, 0.25) is 11.8 Å². The summed E-state index contributed by atoms with van der Waals surface area (Å²) in [6.45, 7) is 2.82. The van der Waals surface area contributed by atoms with E-state index in [1.165, 1.54) is 13.8 Å². The second-order valence-corrected chi connectivity index (χ2v) is 9.26. The molecule has 2 aromatic rings. The van der Waals surface area contributed by atoms with Gasteiger partial charge in [-0.3, -0.25) is 0 Å². The molecule has 3 rings (SSSR count). The highest BCUT2D eigenvalue weighted by molar-refractivity contribution is 7.93. The lowest BCUT2D eigenvalue weighted by atomic mass is 10.2. The van der Waals surface area contributed by atoms with Crippen LogP contribution in [0.4, 0.5) is 24.8 Å². The topological polar surface area (TPSA) is 108 Å². The summed E-state index contributed by atoms with van der Waals surface area (Å²) < 4.78 is 65.2. The quantitative estimate of drug-likeness (QED) is 0.614. The SMILES string of the molecule is CC(O)C(C)Oc1nc(Nc2ccc(S(=N)(=O)C3CC3)cc2)ncc1C(F)(F)F. The zero-order valence-corrected chi connectivity index (χ0v) is 16.5. The third kappa shape index (κ3) is 4.96. The van der Waals surface area contributed by atoms with Gasteiger partial charge in [-0.05, 0) is 51.0 Å². The highest BCUT2D eigenvalue weighted by Gasteiger charge is 2.37. The zero-order chi connectivity index (χ0) is 21.4. The van der Waals surface area contributed by atoms with E-state index < -0.39 is 39.6 Å². The molecule has 11 heteroatoms.